The highest BCUT2D eigenvalue weighted by Crippen LogP contribution is 2.48. The van der Waals surface area contributed by atoms with Gasteiger partial charge in [-0.1, -0.05) is 12.2 Å². The van der Waals surface area contributed by atoms with E-state index in [2.05, 4.69) is 28.2 Å². The Morgan fingerprint density at radius 1 is 1.27 bits per heavy atom. The van der Waals surface area contributed by atoms with Gasteiger partial charge in [0.15, 0.2) is 0 Å². The Morgan fingerprint density at radius 3 is 2.87 bits per heavy atom. The van der Waals surface area contributed by atoms with E-state index in [-0.39, 0.29) is 0 Å². The van der Waals surface area contributed by atoms with Gasteiger partial charge in [-0.3, -0.25) is 0 Å². The Balaban J connectivity index is 1.90. The summed E-state index contributed by atoms with van der Waals surface area (Å²) in [5, 5.41) is 0. The average Bonchev–Trinajstić information content (AvgIpc) is 2.91. The van der Waals surface area contributed by atoms with Crippen LogP contribution in [0.15, 0.2) is 24.5 Å². The molecule has 78 valence electrons. The molecular formula is C12H15N3. The molecule has 3 rings (SSSR count). The number of fused-ring (bicyclic) bond motifs is 2. The average molecular weight is 201 g/mol. The van der Waals surface area contributed by atoms with Crippen molar-refractivity contribution in [2.75, 3.05) is 0 Å². The molecule has 2 N–H and O–H groups in total. The fourth-order valence-electron chi connectivity index (χ4n) is 2.85. The van der Waals surface area contributed by atoms with E-state index in [4.69, 9.17) is 5.73 Å². The molecule has 0 spiro atoms. The van der Waals surface area contributed by atoms with Gasteiger partial charge in [-0.25, -0.2) is 9.97 Å². The van der Waals surface area contributed by atoms with Gasteiger partial charge in [0.1, 0.15) is 6.33 Å². The Hall–Kier alpha value is -1.22. The van der Waals surface area contributed by atoms with Crippen LogP contribution in [0.1, 0.15) is 30.1 Å². The molecule has 0 amide bonds. The van der Waals surface area contributed by atoms with Crippen LogP contribution in [0.25, 0.3) is 0 Å². The lowest BCUT2D eigenvalue weighted by Gasteiger charge is -2.17. The summed E-state index contributed by atoms with van der Waals surface area (Å²) in [5.74, 6) is 2.10. The molecule has 3 atom stereocenters. The van der Waals surface area contributed by atoms with E-state index in [9.17, 15) is 0 Å². The van der Waals surface area contributed by atoms with Crippen molar-refractivity contribution < 1.29 is 0 Å². The predicted molar refractivity (Wildman–Crippen MR) is 58.0 cm³/mol. The second-order valence-electron chi connectivity index (χ2n) is 4.53. The van der Waals surface area contributed by atoms with Crippen LogP contribution in [0.3, 0.4) is 0 Å². The van der Waals surface area contributed by atoms with Crippen molar-refractivity contribution >= 4 is 0 Å². The van der Waals surface area contributed by atoms with Crippen molar-refractivity contribution in [3.05, 3.63) is 35.9 Å². The van der Waals surface area contributed by atoms with Gasteiger partial charge >= 0.3 is 0 Å². The molecule has 3 nitrogen and oxygen atoms in total. The fraction of sp³-hybridized carbons (Fsp3) is 0.500. The van der Waals surface area contributed by atoms with Gasteiger partial charge in [0.2, 0.25) is 0 Å². The maximum Gasteiger partial charge on any atom is 0.115 e. The molecule has 0 aliphatic heterocycles. The molecule has 1 aromatic rings. The summed E-state index contributed by atoms with van der Waals surface area (Å²) in [5.41, 5.74) is 7.72. The van der Waals surface area contributed by atoms with E-state index in [1.54, 1.807) is 6.33 Å². The first-order valence-corrected chi connectivity index (χ1v) is 5.56. The lowest BCUT2D eigenvalue weighted by molar-refractivity contribution is 0.567. The van der Waals surface area contributed by atoms with Gasteiger partial charge in [0.05, 0.1) is 5.69 Å². The summed E-state index contributed by atoms with van der Waals surface area (Å²) in [6, 6.07) is 2.07. The lowest BCUT2D eigenvalue weighted by Crippen LogP contribution is -2.09. The minimum absolute atomic E-state index is 0.506. The van der Waals surface area contributed by atoms with E-state index < -0.39 is 0 Å². The number of allylic oxidation sites excluding steroid dienone is 2. The Labute approximate surface area is 89.4 Å². The SMILES string of the molecule is NCc1cc([C@H]2C[C@H]3C=C[C@H]2C3)ncn1. The number of hydrogen-bond acceptors (Lipinski definition) is 3. The molecule has 0 aromatic carbocycles. The lowest BCUT2D eigenvalue weighted by atomic mass is 9.90. The fourth-order valence-corrected chi connectivity index (χ4v) is 2.85. The topological polar surface area (TPSA) is 51.8 Å². The summed E-state index contributed by atoms with van der Waals surface area (Å²) >= 11 is 0. The van der Waals surface area contributed by atoms with Crippen molar-refractivity contribution in [3.8, 4) is 0 Å². The molecule has 15 heavy (non-hydrogen) atoms. The van der Waals surface area contributed by atoms with Gasteiger partial charge in [0, 0.05) is 18.2 Å². The maximum absolute atomic E-state index is 5.59. The first kappa shape index (κ1) is 9.04. The zero-order valence-electron chi connectivity index (χ0n) is 8.63. The molecule has 1 saturated carbocycles. The third-order valence-corrected chi connectivity index (χ3v) is 3.61. The summed E-state index contributed by atoms with van der Waals surface area (Å²) in [4.78, 5) is 8.52. The maximum atomic E-state index is 5.59. The largest absolute Gasteiger partial charge is 0.325 e. The Kier molecular flexibility index (Phi) is 2.06. The minimum Gasteiger partial charge on any atom is -0.325 e. The molecule has 0 radical (unpaired) electrons. The molecule has 0 unspecified atom stereocenters. The summed E-state index contributed by atoms with van der Waals surface area (Å²) in [6.07, 6.45) is 8.91. The highest BCUT2D eigenvalue weighted by molar-refractivity contribution is 5.23. The monoisotopic (exact) mass is 201 g/mol. The molecule has 0 saturated heterocycles. The van der Waals surface area contributed by atoms with Crippen molar-refractivity contribution in [3.63, 3.8) is 0 Å². The normalized spacial score (nSPS) is 32.5. The molecule has 1 heterocycles. The predicted octanol–water partition coefficient (Wildman–Crippen LogP) is 1.61. The highest BCUT2D eigenvalue weighted by atomic mass is 14.9. The number of rotatable bonds is 2. The molecule has 2 aliphatic carbocycles. The standard InChI is InChI=1S/C12H15N3/c13-6-10-5-12(15-7-14-10)11-4-8-1-2-9(11)3-8/h1-2,5,7-9,11H,3-4,6,13H2/t8-,9-,11-/m0/s1. The van der Waals surface area contributed by atoms with E-state index in [0.717, 1.165) is 11.6 Å². The van der Waals surface area contributed by atoms with Crippen LogP contribution >= 0.6 is 0 Å². The molecule has 1 aromatic heterocycles. The second-order valence-corrected chi connectivity index (χ2v) is 4.53. The highest BCUT2D eigenvalue weighted by Gasteiger charge is 2.37. The zero-order valence-corrected chi connectivity index (χ0v) is 8.63. The Bertz CT molecular complexity index is 400. The van der Waals surface area contributed by atoms with Crippen molar-refractivity contribution in [1.29, 1.82) is 0 Å². The van der Waals surface area contributed by atoms with Crippen LogP contribution < -0.4 is 5.73 Å². The Morgan fingerprint density at radius 2 is 2.20 bits per heavy atom. The molecule has 3 heteroatoms. The summed E-state index contributed by atoms with van der Waals surface area (Å²) in [6.45, 7) is 0.506. The van der Waals surface area contributed by atoms with Gasteiger partial charge in [-0.05, 0) is 30.7 Å². The minimum atomic E-state index is 0.506. The van der Waals surface area contributed by atoms with Gasteiger partial charge in [-0.2, -0.15) is 0 Å². The quantitative estimate of drug-likeness (QED) is 0.740. The van der Waals surface area contributed by atoms with Crippen LogP contribution in [-0.4, -0.2) is 9.97 Å². The van der Waals surface area contributed by atoms with Crippen LogP contribution in [-0.2, 0) is 6.54 Å². The van der Waals surface area contributed by atoms with E-state index in [0.29, 0.717) is 18.4 Å². The summed E-state index contributed by atoms with van der Waals surface area (Å²) < 4.78 is 0. The van der Waals surface area contributed by atoms with Crippen molar-refractivity contribution in [2.45, 2.75) is 25.3 Å². The molecule has 2 aliphatic rings. The summed E-state index contributed by atoms with van der Waals surface area (Å²) in [7, 11) is 0. The second kappa shape index (κ2) is 3.42. The molecule has 1 fully saturated rings. The van der Waals surface area contributed by atoms with Crippen LogP contribution in [0.4, 0.5) is 0 Å². The first-order valence-electron chi connectivity index (χ1n) is 5.56. The van der Waals surface area contributed by atoms with Gasteiger partial charge in [0.25, 0.3) is 0 Å². The van der Waals surface area contributed by atoms with Crippen LogP contribution in [0, 0.1) is 11.8 Å². The van der Waals surface area contributed by atoms with E-state index in [1.165, 1.54) is 18.5 Å². The number of nitrogens with two attached hydrogens (primary N) is 1. The zero-order chi connectivity index (χ0) is 10.3. The van der Waals surface area contributed by atoms with Crippen LogP contribution in [0.5, 0.6) is 0 Å². The van der Waals surface area contributed by atoms with Crippen LogP contribution in [0.2, 0.25) is 0 Å². The molecule has 2 bridgehead atoms. The smallest absolute Gasteiger partial charge is 0.115 e. The molecular weight excluding hydrogens is 186 g/mol. The van der Waals surface area contributed by atoms with Gasteiger partial charge < -0.3 is 5.73 Å². The van der Waals surface area contributed by atoms with Crippen molar-refractivity contribution in [1.82, 2.24) is 9.97 Å². The third-order valence-electron chi connectivity index (χ3n) is 3.61. The van der Waals surface area contributed by atoms with Gasteiger partial charge in [-0.15, -0.1) is 0 Å². The van der Waals surface area contributed by atoms with E-state index in [1.807, 2.05) is 0 Å². The van der Waals surface area contributed by atoms with E-state index >= 15 is 0 Å². The third kappa shape index (κ3) is 1.47. The van der Waals surface area contributed by atoms with Crippen molar-refractivity contribution in [2.24, 2.45) is 17.6 Å². The first-order chi connectivity index (χ1) is 7.36. The number of nitrogens with zero attached hydrogens (tertiary/aromatic N) is 2. The number of aromatic nitrogens is 2. The number of hydrogen-bond donors (Lipinski definition) is 1.